The molecule has 0 aliphatic rings. The van der Waals surface area contributed by atoms with Gasteiger partial charge in [-0.15, -0.1) is 0 Å². The van der Waals surface area contributed by atoms with E-state index in [1.165, 1.54) is 0 Å². The monoisotopic (exact) mass is 225 g/mol. The molecule has 0 unspecified atom stereocenters. The third-order valence-corrected chi connectivity index (χ3v) is 2.57. The van der Waals surface area contributed by atoms with E-state index in [9.17, 15) is 0 Å². The van der Waals surface area contributed by atoms with Crippen molar-refractivity contribution in [1.29, 1.82) is 0 Å². The molecular weight excluding hydrogens is 214 g/mol. The Bertz CT molecular complexity index is 627. The molecule has 0 radical (unpaired) electrons. The van der Waals surface area contributed by atoms with Gasteiger partial charge in [0, 0.05) is 18.3 Å². The zero-order chi connectivity index (χ0) is 11.7. The quantitative estimate of drug-likeness (QED) is 0.727. The number of nitrogens with two attached hydrogens (primary N) is 1. The summed E-state index contributed by atoms with van der Waals surface area (Å²) in [6, 6.07) is 11.5. The Labute approximate surface area is 98.1 Å². The van der Waals surface area contributed by atoms with Gasteiger partial charge in [0.15, 0.2) is 11.2 Å². The predicted octanol–water partition coefficient (Wildman–Crippen LogP) is 2.35. The highest BCUT2D eigenvalue weighted by molar-refractivity contribution is 5.72. The largest absolute Gasteiger partial charge is 0.434 e. The van der Waals surface area contributed by atoms with Gasteiger partial charge in [-0.2, -0.15) is 4.98 Å². The van der Waals surface area contributed by atoms with Crippen LogP contribution in [-0.4, -0.2) is 9.97 Å². The number of pyridine rings is 1. The smallest absolute Gasteiger partial charge is 0.228 e. The van der Waals surface area contributed by atoms with Crippen LogP contribution >= 0.6 is 0 Å². The summed E-state index contributed by atoms with van der Waals surface area (Å²) in [5.41, 5.74) is 8.90. The van der Waals surface area contributed by atoms with E-state index in [-0.39, 0.29) is 0 Å². The SMILES string of the molecule is NCc1cccc(-c2nc3ncccc3o2)c1. The fourth-order valence-electron chi connectivity index (χ4n) is 1.72. The molecule has 3 aromatic rings. The van der Waals surface area contributed by atoms with Crippen LogP contribution in [0.25, 0.3) is 22.7 Å². The molecule has 4 heteroatoms. The van der Waals surface area contributed by atoms with E-state index in [1.54, 1.807) is 6.20 Å². The maximum Gasteiger partial charge on any atom is 0.228 e. The number of hydrogen-bond acceptors (Lipinski definition) is 4. The first-order chi connectivity index (χ1) is 8.36. The molecule has 3 rings (SSSR count). The molecular formula is C13H11N3O. The van der Waals surface area contributed by atoms with Gasteiger partial charge in [-0.1, -0.05) is 12.1 Å². The number of nitrogens with zero attached hydrogens (tertiary/aromatic N) is 2. The molecule has 0 saturated carbocycles. The van der Waals surface area contributed by atoms with E-state index in [2.05, 4.69) is 9.97 Å². The van der Waals surface area contributed by atoms with Crippen molar-refractivity contribution in [1.82, 2.24) is 9.97 Å². The molecule has 0 spiro atoms. The Morgan fingerprint density at radius 3 is 2.94 bits per heavy atom. The second kappa shape index (κ2) is 3.99. The van der Waals surface area contributed by atoms with Crippen molar-refractivity contribution in [2.24, 2.45) is 5.73 Å². The molecule has 0 atom stereocenters. The number of aromatic nitrogens is 2. The van der Waals surface area contributed by atoms with Crippen LogP contribution in [0.4, 0.5) is 0 Å². The third-order valence-electron chi connectivity index (χ3n) is 2.57. The molecule has 4 nitrogen and oxygen atoms in total. The van der Waals surface area contributed by atoms with Crippen LogP contribution in [0.3, 0.4) is 0 Å². The van der Waals surface area contributed by atoms with Gasteiger partial charge in [-0.25, -0.2) is 4.98 Å². The van der Waals surface area contributed by atoms with Gasteiger partial charge in [0.05, 0.1) is 0 Å². The number of rotatable bonds is 2. The lowest BCUT2D eigenvalue weighted by molar-refractivity contribution is 0.619. The van der Waals surface area contributed by atoms with E-state index in [0.29, 0.717) is 23.7 Å². The second-order valence-electron chi connectivity index (χ2n) is 3.75. The topological polar surface area (TPSA) is 64.9 Å². The summed E-state index contributed by atoms with van der Waals surface area (Å²) < 4.78 is 5.64. The van der Waals surface area contributed by atoms with E-state index < -0.39 is 0 Å². The standard InChI is InChI=1S/C13H11N3O/c14-8-9-3-1-4-10(7-9)13-16-12-11(17-13)5-2-6-15-12/h1-7H,8,14H2. The molecule has 2 N–H and O–H groups in total. The molecule has 17 heavy (non-hydrogen) atoms. The van der Waals surface area contributed by atoms with Crippen LogP contribution in [0, 0.1) is 0 Å². The zero-order valence-electron chi connectivity index (χ0n) is 9.13. The summed E-state index contributed by atoms with van der Waals surface area (Å²) >= 11 is 0. The van der Waals surface area contributed by atoms with E-state index >= 15 is 0 Å². The third kappa shape index (κ3) is 1.79. The Morgan fingerprint density at radius 1 is 1.18 bits per heavy atom. The summed E-state index contributed by atoms with van der Waals surface area (Å²) in [5, 5.41) is 0. The molecule has 1 aromatic carbocycles. The molecule has 84 valence electrons. The normalized spacial score (nSPS) is 10.9. The molecule has 0 aliphatic carbocycles. The van der Waals surface area contributed by atoms with E-state index in [4.69, 9.17) is 10.2 Å². The van der Waals surface area contributed by atoms with Crippen LogP contribution in [0.1, 0.15) is 5.56 Å². The van der Waals surface area contributed by atoms with Crippen LogP contribution in [0.5, 0.6) is 0 Å². The van der Waals surface area contributed by atoms with Gasteiger partial charge in [0.2, 0.25) is 5.89 Å². The lowest BCUT2D eigenvalue weighted by atomic mass is 10.1. The van der Waals surface area contributed by atoms with Crippen molar-refractivity contribution in [3.63, 3.8) is 0 Å². The first-order valence-electron chi connectivity index (χ1n) is 5.38. The maximum absolute atomic E-state index is 5.64. The van der Waals surface area contributed by atoms with Gasteiger partial charge in [0.25, 0.3) is 0 Å². The van der Waals surface area contributed by atoms with Crippen LogP contribution in [-0.2, 0) is 6.54 Å². The summed E-state index contributed by atoms with van der Waals surface area (Å²) in [6.45, 7) is 0.506. The Balaban J connectivity index is 2.13. The Morgan fingerprint density at radius 2 is 2.12 bits per heavy atom. The minimum absolute atomic E-state index is 0.506. The molecule has 0 amide bonds. The van der Waals surface area contributed by atoms with Crippen molar-refractivity contribution in [2.75, 3.05) is 0 Å². The first-order valence-corrected chi connectivity index (χ1v) is 5.38. The fourth-order valence-corrected chi connectivity index (χ4v) is 1.72. The van der Waals surface area contributed by atoms with E-state index in [1.807, 2.05) is 36.4 Å². The van der Waals surface area contributed by atoms with Crippen molar-refractivity contribution >= 4 is 11.2 Å². The van der Waals surface area contributed by atoms with Crippen molar-refractivity contribution < 1.29 is 4.42 Å². The number of benzene rings is 1. The zero-order valence-corrected chi connectivity index (χ0v) is 9.13. The molecule has 0 fully saturated rings. The lowest BCUT2D eigenvalue weighted by Gasteiger charge is -1.98. The minimum Gasteiger partial charge on any atom is -0.434 e. The van der Waals surface area contributed by atoms with E-state index in [0.717, 1.165) is 11.1 Å². The highest BCUT2D eigenvalue weighted by Crippen LogP contribution is 2.23. The Kier molecular flexibility index (Phi) is 2.34. The number of fused-ring (bicyclic) bond motifs is 1. The summed E-state index contributed by atoms with van der Waals surface area (Å²) in [6.07, 6.45) is 1.70. The highest BCUT2D eigenvalue weighted by atomic mass is 16.3. The van der Waals surface area contributed by atoms with Crippen molar-refractivity contribution in [2.45, 2.75) is 6.54 Å². The Hall–Kier alpha value is -2.20. The second-order valence-corrected chi connectivity index (χ2v) is 3.75. The van der Waals surface area contributed by atoms with Gasteiger partial charge in [-0.05, 0) is 29.8 Å². The first kappa shape index (κ1) is 9.99. The number of hydrogen-bond donors (Lipinski definition) is 1. The average Bonchev–Trinajstić information content (AvgIpc) is 2.82. The van der Waals surface area contributed by atoms with Gasteiger partial charge < -0.3 is 10.2 Å². The molecule has 0 saturated heterocycles. The molecule has 2 aromatic heterocycles. The van der Waals surface area contributed by atoms with Gasteiger partial charge in [0.1, 0.15) is 0 Å². The summed E-state index contributed by atoms with van der Waals surface area (Å²) in [7, 11) is 0. The van der Waals surface area contributed by atoms with Crippen molar-refractivity contribution in [3.8, 4) is 11.5 Å². The molecule has 0 bridgehead atoms. The van der Waals surface area contributed by atoms with Crippen LogP contribution in [0.15, 0.2) is 47.0 Å². The summed E-state index contributed by atoms with van der Waals surface area (Å²) in [4.78, 5) is 8.48. The van der Waals surface area contributed by atoms with Gasteiger partial charge in [-0.3, -0.25) is 0 Å². The molecule has 0 aliphatic heterocycles. The van der Waals surface area contributed by atoms with Gasteiger partial charge >= 0.3 is 0 Å². The lowest BCUT2D eigenvalue weighted by Crippen LogP contribution is -1.95. The predicted molar refractivity (Wildman–Crippen MR) is 65.1 cm³/mol. The van der Waals surface area contributed by atoms with Crippen LogP contribution < -0.4 is 5.73 Å². The van der Waals surface area contributed by atoms with Crippen LogP contribution in [0.2, 0.25) is 0 Å². The molecule has 2 heterocycles. The average molecular weight is 225 g/mol. The van der Waals surface area contributed by atoms with Crippen molar-refractivity contribution in [3.05, 3.63) is 48.2 Å². The number of oxazole rings is 1. The maximum atomic E-state index is 5.64. The summed E-state index contributed by atoms with van der Waals surface area (Å²) in [5.74, 6) is 0.578. The minimum atomic E-state index is 0.506. The highest BCUT2D eigenvalue weighted by Gasteiger charge is 2.08. The fraction of sp³-hybridized carbons (Fsp3) is 0.0769.